The lowest BCUT2D eigenvalue weighted by atomic mass is 10.0. The van der Waals surface area contributed by atoms with Crippen LogP contribution in [0.2, 0.25) is 0 Å². The van der Waals surface area contributed by atoms with Crippen LogP contribution in [0, 0.1) is 5.92 Å². The number of fused-ring (bicyclic) bond motifs is 1. The minimum Gasteiger partial charge on any atom is -0.339 e. The Balaban J connectivity index is 1.22. The monoisotopic (exact) mass is 494 g/mol. The SMILES string of the molecule is CC1CCN(S(=O)(=O)c2ccc(-c3noc(CCC(=O)N4c5ccccc5C[C@@H]4C)n3)cc2)CC1. The number of rotatable bonds is 6. The number of benzene rings is 2. The number of hydrogen-bond donors (Lipinski definition) is 0. The van der Waals surface area contributed by atoms with E-state index in [1.54, 1.807) is 28.6 Å². The van der Waals surface area contributed by atoms with Crippen molar-refractivity contribution in [3.05, 3.63) is 60.0 Å². The summed E-state index contributed by atoms with van der Waals surface area (Å²) in [5, 5.41) is 4.03. The lowest BCUT2D eigenvalue weighted by Gasteiger charge is -2.29. The summed E-state index contributed by atoms with van der Waals surface area (Å²) in [6.07, 6.45) is 3.24. The highest BCUT2D eigenvalue weighted by Gasteiger charge is 2.31. The smallest absolute Gasteiger partial charge is 0.243 e. The first-order valence-electron chi connectivity index (χ1n) is 12.2. The van der Waals surface area contributed by atoms with Crippen LogP contribution in [0.3, 0.4) is 0 Å². The van der Waals surface area contributed by atoms with Crippen molar-refractivity contribution >= 4 is 21.6 Å². The van der Waals surface area contributed by atoms with Crippen molar-refractivity contribution in [2.24, 2.45) is 5.92 Å². The van der Waals surface area contributed by atoms with Gasteiger partial charge in [0.1, 0.15) is 0 Å². The third-order valence-electron chi connectivity index (χ3n) is 6.99. The van der Waals surface area contributed by atoms with Gasteiger partial charge >= 0.3 is 0 Å². The van der Waals surface area contributed by atoms with Crippen LogP contribution < -0.4 is 4.90 Å². The topological polar surface area (TPSA) is 96.6 Å². The molecular weight excluding hydrogens is 464 g/mol. The molecular formula is C26H30N4O4S. The van der Waals surface area contributed by atoms with Crippen molar-refractivity contribution in [3.63, 3.8) is 0 Å². The highest BCUT2D eigenvalue weighted by molar-refractivity contribution is 7.89. The summed E-state index contributed by atoms with van der Waals surface area (Å²) >= 11 is 0. The molecule has 2 aliphatic heterocycles. The molecule has 8 nitrogen and oxygen atoms in total. The molecule has 0 unspecified atom stereocenters. The second-order valence-electron chi connectivity index (χ2n) is 9.57. The van der Waals surface area contributed by atoms with E-state index >= 15 is 0 Å². The van der Waals surface area contributed by atoms with Crippen molar-refractivity contribution in [3.8, 4) is 11.4 Å². The maximum absolute atomic E-state index is 12.9. The molecule has 1 saturated heterocycles. The average molecular weight is 495 g/mol. The van der Waals surface area contributed by atoms with Crippen LogP contribution in [0.1, 0.15) is 44.6 Å². The van der Waals surface area contributed by atoms with Crippen molar-refractivity contribution in [2.45, 2.75) is 56.9 Å². The Bertz CT molecular complexity index is 1310. The van der Waals surface area contributed by atoms with Crippen LogP contribution >= 0.6 is 0 Å². The summed E-state index contributed by atoms with van der Waals surface area (Å²) in [6.45, 7) is 5.32. The average Bonchev–Trinajstić information content (AvgIpc) is 3.46. The van der Waals surface area contributed by atoms with Gasteiger partial charge in [-0.25, -0.2) is 8.42 Å². The fourth-order valence-corrected chi connectivity index (χ4v) is 6.37. The van der Waals surface area contributed by atoms with Crippen LogP contribution in [-0.4, -0.2) is 47.9 Å². The van der Waals surface area contributed by atoms with Gasteiger partial charge in [0.2, 0.25) is 27.6 Å². The molecule has 0 N–H and O–H groups in total. The van der Waals surface area contributed by atoms with Gasteiger partial charge in [-0.15, -0.1) is 0 Å². The van der Waals surface area contributed by atoms with Gasteiger partial charge in [0.15, 0.2) is 0 Å². The van der Waals surface area contributed by atoms with E-state index < -0.39 is 10.0 Å². The van der Waals surface area contributed by atoms with Gasteiger partial charge in [0, 0.05) is 43.2 Å². The lowest BCUT2D eigenvalue weighted by molar-refractivity contribution is -0.119. The number of sulfonamides is 1. The molecule has 0 saturated carbocycles. The van der Waals surface area contributed by atoms with E-state index in [2.05, 4.69) is 30.1 Å². The largest absolute Gasteiger partial charge is 0.339 e. The Kier molecular flexibility index (Phi) is 6.46. The predicted octanol–water partition coefficient (Wildman–Crippen LogP) is 4.07. The molecule has 3 heterocycles. The molecule has 0 radical (unpaired) electrons. The van der Waals surface area contributed by atoms with E-state index in [1.807, 2.05) is 23.1 Å². The fraction of sp³-hybridized carbons (Fsp3) is 0.423. The molecule has 1 aromatic heterocycles. The van der Waals surface area contributed by atoms with Gasteiger partial charge < -0.3 is 9.42 Å². The summed E-state index contributed by atoms with van der Waals surface area (Å²) in [4.78, 5) is 19.5. The number of para-hydroxylation sites is 1. The van der Waals surface area contributed by atoms with Gasteiger partial charge in [-0.05, 0) is 68.0 Å². The van der Waals surface area contributed by atoms with E-state index in [1.165, 1.54) is 5.56 Å². The number of carbonyl (C=O) groups excluding carboxylic acids is 1. The number of hydrogen-bond acceptors (Lipinski definition) is 6. The van der Waals surface area contributed by atoms with Crippen molar-refractivity contribution < 1.29 is 17.7 Å². The third-order valence-corrected chi connectivity index (χ3v) is 8.90. The molecule has 5 rings (SSSR count). The van der Waals surface area contributed by atoms with Crippen LogP contribution in [0.25, 0.3) is 11.4 Å². The van der Waals surface area contributed by atoms with Crippen LogP contribution in [0.15, 0.2) is 57.9 Å². The first-order chi connectivity index (χ1) is 16.8. The lowest BCUT2D eigenvalue weighted by Crippen LogP contribution is -2.37. The summed E-state index contributed by atoms with van der Waals surface area (Å²) in [6, 6.07) is 14.7. The number of aryl methyl sites for hydroxylation is 1. The number of nitrogens with zero attached hydrogens (tertiary/aromatic N) is 4. The molecule has 35 heavy (non-hydrogen) atoms. The number of piperidine rings is 1. The quantitative estimate of drug-likeness (QED) is 0.513. The number of aromatic nitrogens is 2. The summed E-state index contributed by atoms with van der Waals surface area (Å²) in [5.41, 5.74) is 2.83. The summed E-state index contributed by atoms with van der Waals surface area (Å²) in [7, 11) is -3.50. The van der Waals surface area contributed by atoms with Crippen LogP contribution in [0.5, 0.6) is 0 Å². The Morgan fingerprint density at radius 3 is 2.51 bits per heavy atom. The van der Waals surface area contributed by atoms with E-state index in [0.29, 0.717) is 42.7 Å². The second-order valence-corrected chi connectivity index (χ2v) is 11.5. The minimum atomic E-state index is -3.50. The van der Waals surface area contributed by atoms with Gasteiger partial charge in [-0.3, -0.25) is 4.79 Å². The van der Waals surface area contributed by atoms with Crippen molar-refractivity contribution in [1.29, 1.82) is 0 Å². The molecule has 2 aliphatic rings. The molecule has 2 aromatic carbocycles. The van der Waals surface area contributed by atoms with Gasteiger partial charge in [0.05, 0.1) is 4.90 Å². The van der Waals surface area contributed by atoms with Crippen LogP contribution in [-0.2, 0) is 27.7 Å². The molecule has 1 atom stereocenters. The first-order valence-corrected chi connectivity index (χ1v) is 13.6. The normalized spacial score (nSPS) is 19.1. The molecule has 0 aliphatic carbocycles. The Hall–Kier alpha value is -3.04. The van der Waals surface area contributed by atoms with Crippen molar-refractivity contribution in [1.82, 2.24) is 14.4 Å². The molecule has 1 fully saturated rings. The maximum atomic E-state index is 12.9. The van der Waals surface area contributed by atoms with E-state index in [9.17, 15) is 13.2 Å². The van der Waals surface area contributed by atoms with Crippen molar-refractivity contribution in [2.75, 3.05) is 18.0 Å². The number of carbonyl (C=O) groups is 1. The number of amides is 1. The summed E-state index contributed by atoms with van der Waals surface area (Å²) in [5.74, 6) is 1.35. The van der Waals surface area contributed by atoms with Gasteiger partial charge in [-0.1, -0.05) is 30.3 Å². The molecule has 3 aromatic rings. The zero-order chi connectivity index (χ0) is 24.6. The molecule has 0 bridgehead atoms. The highest BCUT2D eigenvalue weighted by Crippen LogP contribution is 2.32. The molecule has 0 spiro atoms. The minimum absolute atomic E-state index is 0.0314. The van der Waals surface area contributed by atoms with E-state index in [0.717, 1.165) is 24.9 Å². The van der Waals surface area contributed by atoms with Gasteiger partial charge in [0.25, 0.3) is 0 Å². The Labute approximate surface area is 206 Å². The Morgan fingerprint density at radius 2 is 1.77 bits per heavy atom. The van der Waals surface area contributed by atoms with E-state index in [-0.39, 0.29) is 23.3 Å². The standard InChI is InChI=1S/C26H30N4O4S/c1-18-13-15-29(16-14-18)35(32,33)22-9-7-20(8-10-22)26-27-24(34-28-26)11-12-25(31)30-19(2)17-21-5-3-4-6-23(21)30/h3-10,18-19H,11-17H2,1-2H3/t19-/m0/s1. The zero-order valence-electron chi connectivity index (χ0n) is 20.1. The Morgan fingerprint density at radius 1 is 1.06 bits per heavy atom. The summed E-state index contributed by atoms with van der Waals surface area (Å²) < 4.78 is 32.8. The molecule has 184 valence electrons. The fourth-order valence-electron chi connectivity index (χ4n) is 4.90. The van der Waals surface area contributed by atoms with E-state index in [4.69, 9.17) is 4.52 Å². The maximum Gasteiger partial charge on any atom is 0.243 e. The number of anilines is 1. The predicted molar refractivity (Wildman–Crippen MR) is 132 cm³/mol. The zero-order valence-corrected chi connectivity index (χ0v) is 20.9. The molecule has 9 heteroatoms. The third kappa shape index (κ3) is 4.75. The second kappa shape index (κ2) is 9.54. The van der Waals surface area contributed by atoms with Crippen LogP contribution in [0.4, 0.5) is 5.69 Å². The molecule has 1 amide bonds. The highest BCUT2D eigenvalue weighted by atomic mass is 32.2. The van der Waals surface area contributed by atoms with Gasteiger partial charge in [-0.2, -0.15) is 9.29 Å². The first kappa shape index (κ1) is 23.7.